The summed E-state index contributed by atoms with van der Waals surface area (Å²) in [6.07, 6.45) is 2.51. The lowest BCUT2D eigenvalue weighted by atomic mass is 10.1. The number of amides is 1. The van der Waals surface area contributed by atoms with E-state index >= 15 is 0 Å². The quantitative estimate of drug-likeness (QED) is 0.557. The second-order valence-corrected chi connectivity index (χ2v) is 6.07. The zero-order chi connectivity index (χ0) is 17.4. The van der Waals surface area contributed by atoms with Crippen LogP contribution in [0.3, 0.4) is 0 Å². The SMILES string of the molecule is C=CCn1c(C)nnc1SCC(=O)NCCc1ccccc1OC. The molecule has 7 heteroatoms. The summed E-state index contributed by atoms with van der Waals surface area (Å²) < 4.78 is 7.23. The first kappa shape index (κ1) is 18.1. The summed E-state index contributed by atoms with van der Waals surface area (Å²) in [4.78, 5) is 12.0. The van der Waals surface area contributed by atoms with Crippen molar-refractivity contribution < 1.29 is 9.53 Å². The van der Waals surface area contributed by atoms with Gasteiger partial charge in [-0.2, -0.15) is 0 Å². The zero-order valence-corrected chi connectivity index (χ0v) is 14.8. The van der Waals surface area contributed by atoms with Crippen LogP contribution in [0.5, 0.6) is 5.75 Å². The van der Waals surface area contributed by atoms with E-state index in [0.717, 1.165) is 28.7 Å². The Labute approximate surface area is 146 Å². The van der Waals surface area contributed by atoms with Gasteiger partial charge in [-0.1, -0.05) is 36.0 Å². The summed E-state index contributed by atoms with van der Waals surface area (Å²) in [5.74, 6) is 1.94. The smallest absolute Gasteiger partial charge is 0.230 e. The third-order valence-corrected chi connectivity index (χ3v) is 4.42. The van der Waals surface area contributed by atoms with Crippen molar-refractivity contribution in [1.29, 1.82) is 0 Å². The summed E-state index contributed by atoms with van der Waals surface area (Å²) in [6.45, 7) is 6.81. The molecule has 128 valence electrons. The second-order valence-electron chi connectivity index (χ2n) is 5.13. The van der Waals surface area contributed by atoms with Gasteiger partial charge in [0.2, 0.25) is 5.91 Å². The van der Waals surface area contributed by atoms with Crippen molar-refractivity contribution in [3.63, 3.8) is 0 Å². The number of para-hydroxylation sites is 1. The van der Waals surface area contributed by atoms with E-state index in [2.05, 4.69) is 22.1 Å². The number of carbonyl (C=O) groups is 1. The molecule has 0 aliphatic rings. The molecule has 1 heterocycles. The molecular formula is C17H22N4O2S. The number of hydrogen-bond donors (Lipinski definition) is 1. The van der Waals surface area contributed by atoms with Gasteiger partial charge in [0.15, 0.2) is 5.16 Å². The number of nitrogens with zero attached hydrogens (tertiary/aromatic N) is 3. The van der Waals surface area contributed by atoms with E-state index < -0.39 is 0 Å². The number of thioether (sulfide) groups is 1. The highest BCUT2D eigenvalue weighted by molar-refractivity contribution is 7.99. The molecule has 0 fully saturated rings. The molecule has 1 amide bonds. The number of hydrogen-bond acceptors (Lipinski definition) is 5. The van der Waals surface area contributed by atoms with E-state index in [1.165, 1.54) is 11.8 Å². The molecule has 0 radical (unpaired) electrons. The highest BCUT2D eigenvalue weighted by Gasteiger charge is 2.11. The van der Waals surface area contributed by atoms with Crippen molar-refractivity contribution in [1.82, 2.24) is 20.1 Å². The van der Waals surface area contributed by atoms with Crippen molar-refractivity contribution in [2.24, 2.45) is 0 Å². The maximum absolute atomic E-state index is 12.0. The van der Waals surface area contributed by atoms with Crippen molar-refractivity contribution in [2.45, 2.75) is 25.0 Å². The number of benzene rings is 1. The number of aryl methyl sites for hydroxylation is 1. The van der Waals surface area contributed by atoms with Crippen LogP contribution in [0.2, 0.25) is 0 Å². The Balaban J connectivity index is 1.79. The van der Waals surface area contributed by atoms with Gasteiger partial charge in [0.05, 0.1) is 12.9 Å². The highest BCUT2D eigenvalue weighted by Crippen LogP contribution is 2.18. The molecule has 0 saturated heterocycles. The lowest BCUT2D eigenvalue weighted by Crippen LogP contribution is -2.27. The topological polar surface area (TPSA) is 69.0 Å². The first-order valence-electron chi connectivity index (χ1n) is 7.67. The molecule has 2 rings (SSSR count). The van der Waals surface area contributed by atoms with Crippen LogP contribution in [0.4, 0.5) is 0 Å². The summed E-state index contributed by atoms with van der Waals surface area (Å²) >= 11 is 1.37. The molecule has 0 unspecified atom stereocenters. The molecular weight excluding hydrogens is 324 g/mol. The number of carbonyl (C=O) groups excluding carboxylic acids is 1. The van der Waals surface area contributed by atoms with Crippen LogP contribution in [0, 0.1) is 6.92 Å². The van der Waals surface area contributed by atoms with Gasteiger partial charge in [-0.25, -0.2) is 0 Å². The average molecular weight is 346 g/mol. The Morgan fingerprint density at radius 3 is 2.96 bits per heavy atom. The fourth-order valence-electron chi connectivity index (χ4n) is 2.23. The van der Waals surface area contributed by atoms with Gasteiger partial charge in [0.1, 0.15) is 11.6 Å². The number of nitrogens with one attached hydrogen (secondary N) is 1. The van der Waals surface area contributed by atoms with Gasteiger partial charge < -0.3 is 14.6 Å². The summed E-state index contributed by atoms with van der Waals surface area (Å²) in [6, 6.07) is 7.81. The van der Waals surface area contributed by atoms with E-state index in [9.17, 15) is 4.79 Å². The van der Waals surface area contributed by atoms with Crippen LogP contribution in [0.15, 0.2) is 42.1 Å². The fourth-order valence-corrected chi connectivity index (χ4v) is 3.06. The molecule has 0 aliphatic heterocycles. The van der Waals surface area contributed by atoms with Gasteiger partial charge >= 0.3 is 0 Å². The minimum absolute atomic E-state index is 0.0271. The monoisotopic (exact) mass is 346 g/mol. The first-order chi connectivity index (χ1) is 11.7. The van der Waals surface area contributed by atoms with Crippen molar-refractivity contribution in [3.05, 3.63) is 48.3 Å². The molecule has 0 atom stereocenters. The third kappa shape index (κ3) is 4.86. The molecule has 0 bridgehead atoms. The molecule has 6 nitrogen and oxygen atoms in total. The molecule has 24 heavy (non-hydrogen) atoms. The second kappa shape index (κ2) is 9.12. The Hall–Kier alpha value is -2.28. The van der Waals surface area contributed by atoms with E-state index in [-0.39, 0.29) is 5.91 Å². The maximum Gasteiger partial charge on any atom is 0.230 e. The van der Waals surface area contributed by atoms with Crippen LogP contribution >= 0.6 is 11.8 Å². The van der Waals surface area contributed by atoms with E-state index in [1.807, 2.05) is 35.8 Å². The predicted octanol–water partition coefficient (Wildman–Crippen LogP) is 2.23. The number of aromatic nitrogens is 3. The number of allylic oxidation sites excluding steroid dienone is 1. The molecule has 0 saturated carbocycles. The summed E-state index contributed by atoms with van der Waals surface area (Å²) in [5.41, 5.74) is 1.08. The van der Waals surface area contributed by atoms with E-state index in [0.29, 0.717) is 18.8 Å². The Morgan fingerprint density at radius 2 is 2.21 bits per heavy atom. The first-order valence-corrected chi connectivity index (χ1v) is 8.66. The summed E-state index contributed by atoms with van der Waals surface area (Å²) in [5, 5.41) is 11.8. The normalized spacial score (nSPS) is 10.4. The Morgan fingerprint density at radius 1 is 1.42 bits per heavy atom. The van der Waals surface area contributed by atoms with Crippen LogP contribution < -0.4 is 10.1 Å². The molecule has 1 aromatic heterocycles. The van der Waals surface area contributed by atoms with Gasteiger partial charge in [-0.15, -0.1) is 16.8 Å². The van der Waals surface area contributed by atoms with Crippen LogP contribution in [0.25, 0.3) is 0 Å². The van der Waals surface area contributed by atoms with Crippen molar-refractivity contribution >= 4 is 17.7 Å². The van der Waals surface area contributed by atoms with Gasteiger partial charge in [-0.3, -0.25) is 4.79 Å². The van der Waals surface area contributed by atoms with Crippen LogP contribution in [-0.4, -0.2) is 40.1 Å². The van der Waals surface area contributed by atoms with E-state index in [1.54, 1.807) is 13.2 Å². The molecule has 2 aromatic rings. The minimum atomic E-state index is -0.0271. The van der Waals surface area contributed by atoms with Gasteiger partial charge in [0.25, 0.3) is 0 Å². The largest absolute Gasteiger partial charge is 0.496 e. The van der Waals surface area contributed by atoms with Crippen LogP contribution in [-0.2, 0) is 17.8 Å². The fraction of sp³-hybridized carbons (Fsp3) is 0.353. The molecule has 1 N–H and O–H groups in total. The van der Waals surface area contributed by atoms with Crippen molar-refractivity contribution in [3.8, 4) is 5.75 Å². The summed E-state index contributed by atoms with van der Waals surface area (Å²) in [7, 11) is 1.65. The number of methoxy groups -OCH3 is 1. The lowest BCUT2D eigenvalue weighted by Gasteiger charge is -2.09. The number of rotatable bonds is 9. The average Bonchev–Trinajstić information content (AvgIpc) is 2.94. The minimum Gasteiger partial charge on any atom is -0.496 e. The zero-order valence-electron chi connectivity index (χ0n) is 14.0. The molecule has 0 aliphatic carbocycles. The highest BCUT2D eigenvalue weighted by atomic mass is 32.2. The number of ether oxygens (including phenoxy) is 1. The van der Waals surface area contributed by atoms with Gasteiger partial charge in [0, 0.05) is 13.1 Å². The van der Waals surface area contributed by atoms with Gasteiger partial charge in [-0.05, 0) is 25.0 Å². The van der Waals surface area contributed by atoms with Crippen molar-refractivity contribution in [2.75, 3.05) is 19.4 Å². The Bertz CT molecular complexity index is 700. The predicted molar refractivity (Wildman–Crippen MR) is 95.4 cm³/mol. The molecule has 1 aromatic carbocycles. The third-order valence-electron chi connectivity index (χ3n) is 3.45. The van der Waals surface area contributed by atoms with E-state index in [4.69, 9.17) is 4.74 Å². The lowest BCUT2D eigenvalue weighted by molar-refractivity contribution is -0.118. The molecule has 0 spiro atoms. The maximum atomic E-state index is 12.0. The Kier molecular flexibility index (Phi) is 6.87. The standard InChI is InChI=1S/C17H22N4O2S/c1-4-11-21-13(2)19-20-17(21)24-12-16(22)18-10-9-14-7-5-6-8-15(14)23-3/h4-8H,1,9-12H2,2-3H3,(H,18,22). The van der Waals surface area contributed by atoms with Crippen LogP contribution in [0.1, 0.15) is 11.4 Å².